The first-order chi connectivity index (χ1) is 15.6. The van der Waals surface area contributed by atoms with Crippen molar-refractivity contribution in [1.82, 2.24) is 24.8 Å². The highest BCUT2D eigenvalue weighted by molar-refractivity contribution is 7.13. The maximum absolute atomic E-state index is 12.8. The van der Waals surface area contributed by atoms with Crippen LogP contribution in [0, 0.1) is 0 Å². The number of nitrogens with one attached hydrogen (secondary N) is 1. The topological polar surface area (TPSA) is 65.1 Å². The molecule has 0 unspecified atom stereocenters. The fourth-order valence-corrected chi connectivity index (χ4v) is 4.63. The third-order valence-electron chi connectivity index (χ3n) is 5.76. The summed E-state index contributed by atoms with van der Waals surface area (Å²) in [5, 5.41) is 3.82. The number of aromatic amines is 1. The first-order valence-electron chi connectivity index (χ1n) is 11.0. The van der Waals surface area contributed by atoms with E-state index in [4.69, 9.17) is 0 Å². The summed E-state index contributed by atoms with van der Waals surface area (Å²) in [6.45, 7) is 9.47. The van der Waals surface area contributed by atoms with Crippen LogP contribution in [0.25, 0.3) is 32.7 Å². The number of aromatic nitrogens is 3. The second kappa shape index (κ2) is 10.2. The summed E-state index contributed by atoms with van der Waals surface area (Å²) >= 11 is 1.53. The molecular formula is C25H29N5OS. The quantitative estimate of drug-likeness (QED) is 0.410. The van der Waals surface area contributed by atoms with Gasteiger partial charge in [0.05, 0.1) is 11.3 Å². The summed E-state index contributed by atoms with van der Waals surface area (Å²) < 4.78 is 0. The lowest BCUT2D eigenvalue weighted by molar-refractivity contribution is 0.236. The van der Waals surface area contributed by atoms with E-state index in [1.54, 1.807) is 12.4 Å². The number of thiazole rings is 1. The van der Waals surface area contributed by atoms with Crippen molar-refractivity contribution < 1.29 is 0 Å². The average Bonchev–Trinajstić information content (AvgIpc) is 3.30. The highest BCUT2D eigenvalue weighted by Gasteiger charge is 2.12. The SMILES string of the molecule is CCN(CC)CCN(C)Cc1ccc2cc(-c3csc(-c4ccncc4)n3)c(=O)[nH]c2c1. The van der Waals surface area contributed by atoms with Gasteiger partial charge in [0.15, 0.2) is 0 Å². The molecule has 0 saturated carbocycles. The van der Waals surface area contributed by atoms with E-state index < -0.39 is 0 Å². The Labute approximate surface area is 192 Å². The number of hydrogen-bond donors (Lipinski definition) is 1. The van der Waals surface area contributed by atoms with Crippen LogP contribution in [0.15, 0.2) is 59.0 Å². The van der Waals surface area contributed by atoms with Crippen molar-refractivity contribution in [2.75, 3.05) is 33.2 Å². The number of pyridine rings is 2. The number of benzene rings is 1. The monoisotopic (exact) mass is 447 g/mol. The molecule has 3 heterocycles. The summed E-state index contributed by atoms with van der Waals surface area (Å²) in [6, 6.07) is 12.1. The standard InChI is InChI=1S/C25H29N5OS/c1-4-30(5-2)13-12-29(3)16-18-6-7-20-15-21(24(31)27-22(20)14-18)23-17-32-25(28-23)19-8-10-26-11-9-19/h6-11,14-15,17H,4-5,12-13,16H2,1-3H3,(H,27,31). The van der Waals surface area contributed by atoms with Gasteiger partial charge < -0.3 is 14.8 Å². The molecule has 0 radical (unpaired) electrons. The Kier molecular flexibility index (Phi) is 7.09. The van der Waals surface area contributed by atoms with Crippen molar-refractivity contribution in [2.45, 2.75) is 20.4 Å². The van der Waals surface area contributed by atoms with Crippen LogP contribution in [0.2, 0.25) is 0 Å². The lowest BCUT2D eigenvalue weighted by atomic mass is 10.1. The Morgan fingerprint density at radius 1 is 1.03 bits per heavy atom. The van der Waals surface area contributed by atoms with Crippen LogP contribution in [-0.4, -0.2) is 58.0 Å². The lowest BCUT2D eigenvalue weighted by Gasteiger charge is -2.23. The molecule has 0 saturated heterocycles. The molecule has 1 N–H and O–H groups in total. The zero-order valence-corrected chi connectivity index (χ0v) is 19.7. The van der Waals surface area contributed by atoms with Gasteiger partial charge in [-0.3, -0.25) is 9.78 Å². The minimum atomic E-state index is -0.115. The van der Waals surface area contributed by atoms with E-state index in [1.807, 2.05) is 23.6 Å². The molecule has 7 heteroatoms. The van der Waals surface area contributed by atoms with Crippen LogP contribution < -0.4 is 5.56 Å². The van der Waals surface area contributed by atoms with E-state index in [0.717, 1.165) is 54.2 Å². The van der Waals surface area contributed by atoms with Gasteiger partial charge in [0, 0.05) is 48.5 Å². The van der Waals surface area contributed by atoms with Crippen LogP contribution in [-0.2, 0) is 6.54 Å². The molecule has 0 bridgehead atoms. The van der Waals surface area contributed by atoms with Gasteiger partial charge in [-0.15, -0.1) is 11.3 Å². The van der Waals surface area contributed by atoms with Crippen molar-refractivity contribution in [1.29, 1.82) is 0 Å². The van der Waals surface area contributed by atoms with Gasteiger partial charge in [0.25, 0.3) is 5.56 Å². The number of rotatable bonds is 9. The molecule has 166 valence electrons. The van der Waals surface area contributed by atoms with Gasteiger partial charge in [0.1, 0.15) is 5.01 Å². The van der Waals surface area contributed by atoms with Crippen LogP contribution in [0.4, 0.5) is 0 Å². The number of likely N-dealkylation sites (N-methyl/N-ethyl adjacent to an activating group) is 2. The molecule has 0 fully saturated rings. The van der Waals surface area contributed by atoms with E-state index in [-0.39, 0.29) is 5.56 Å². The molecule has 0 aliphatic rings. The molecule has 0 aliphatic carbocycles. The maximum atomic E-state index is 12.8. The summed E-state index contributed by atoms with van der Waals surface area (Å²) in [5.74, 6) is 0. The Morgan fingerprint density at radius 2 is 1.81 bits per heavy atom. The second-order valence-corrected chi connectivity index (χ2v) is 8.83. The van der Waals surface area contributed by atoms with Crippen molar-refractivity contribution in [3.05, 3.63) is 70.1 Å². The van der Waals surface area contributed by atoms with Crippen molar-refractivity contribution in [3.8, 4) is 21.8 Å². The summed E-state index contributed by atoms with van der Waals surface area (Å²) in [5.41, 5.74) is 4.23. The van der Waals surface area contributed by atoms with E-state index in [9.17, 15) is 4.79 Å². The highest BCUT2D eigenvalue weighted by atomic mass is 32.1. The highest BCUT2D eigenvalue weighted by Crippen LogP contribution is 2.28. The molecule has 0 amide bonds. The summed E-state index contributed by atoms with van der Waals surface area (Å²) in [4.78, 5) is 29.4. The fraction of sp³-hybridized carbons (Fsp3) is 0.320. The Balaban J connectivity index is 1.53. The second-order valence-electron chi connectivity index (χ2n) is 7.97. The van der Waals surface area contributed by atoms with E-state index in [1.165, 1.54) is 16.9 Å². The van der Waals surface area contributed by atoms with Crippen molar-refractivity contribution >= 4 is 22.2 Å². The smallest absolute Gasteiger partial charge is 0.257 e. The predicted molar refractivity (Wildman–Crippen MR) is 133 cm³/mol. The van der Waals surface area contributed by atoms with Crippen LogP contribution in [0.1, 0.15) is 19.4 Å². The third kappa shape index (κ3) is 5.12. The van der Waals surface area contributed by atoms with E-state index in [2.05, 4.69) is 63.8 Å². The molecule has 1 aromatic carbocycles. The van der Waals surface area contributed by atoms with E-state index >= 15 is 0 Å². The van der Waals surface area contributed by atoms with Gasteiger partial charge in [-0.25, -0.2) is 4.98 Å². The zero-order valence-electron chi connectivity index (χ0n) is 18.8. The number of hydrogen-bond acceptors (Lipinski definition) is 6. The van der Waals surface area contributed by atoms with Crippen molar-refractivity contribution in [3.63, 3.8) is 0 Å². The number of H-pyrrole nitrogens is 1. The van der Waals surface area contributed by atoms with Crippen LogP contribution in [0.5, 0.6) is 0 Å². The van der Waals surface area contributed by atoms with Gasteiger partial charge in [-0.05, 0) is 55.4 Å². The third-order valence-corrected chi connectivity index (χ3v) is 6.65. The molecule has 3 aromatic heterocycles. The molecule has 6 nitrogen and oxygen atoms in total. The summed E-state index contributed by atoms with van der Waals surface area (Å²) in [6.07, 6.45) is 3.50. The van der Waals surface area contributed by atoms with Crippen LogP contribution >= 0.6 is 11.3 Å². The molecule has 0 spiro atoms. The average molecular weight is 448 g/mol. The number of fused-ring (bicyclic) bond motifs is 1. The molecule has 4 aromatic rings. The molecular weight excluding hydrogens is 418 g/mol. The number of nitrogens with zero attached hydrogens (tertiary/aromatic N) is 4. The molecule has 0 aliphatic heterocycles. The first kappa shape index (κ1) is 22.3. The lowest BCUT2D eigenvalue weighted by Crippen LogP contribution is -2.32. The largest absolute Gasteiger partial charge is 0.321 e. The normalized spacial score (nSPS) is 11.7. The Hall–Kier alpha value is -2.87. The summed E-state index contributed by atoms with van der Waals surface area (Å²) in [7, 11) is 2.14. The zero-order chi connectivity index (χ0) is 22.5. The van der Waals surface area contributed by atoms with Gasteiger partial charge in [0.2, 0.25) is 0 Å². The molecule has 4 rings (SSSR count). The first-order valence-corrected chi connectivity index (χ1v) is 11.9. The Bertz CT molecular complexity index is 1230. The van der Waals surface area contributed by atoms with Crippen molar-refractivity contribution in [2.24, 2.45) is 0 Å². The van der Waals surface area contributed by atoms with E-state index in [0.29, 0.717) is 11.3 Å². The van der Waals surface area contributed by atoms with Gasteiger partial charge >= 0.3 is 0 Å². The maximum Gasteiger partial charge on any atom is 0.257 e. The Morgan fingerprint density at radius 3 is 2.56 bits per heavy atom. The minimum Gasteiger partial charge on any atom is -0.321 e. The van der Waals surface area contributed by atoms with Gasteiger partial charge in [-0.2, -0.15) is 0 Å². The van der Waals surface area contributed by atoms with Gasteiger partial charge in [-0.1, -0.05) is 26.0 Å². The predicted octanol–water partition coefficient (Wildman–Crippen LogP) is 4.49. The minimum absolute atomic E-state index is 0.115. The molecule has 32 heavy (non-hydrogen) atoms. The fourth-order valence-electron chi connectivity index (χ4n) is 3.80. The molecule has 0 atom stereocenters. The van der Waals surface area contributed by atoms with Crippen LogP contribution in [0.3, 0.4) is 0 Å².